The normalized spacial score (nSPS) is 12.2. The molecule has 0 radical (unpaired) electrons. The number of carbonyl (C=O) groups excluding carboxylic acids is 1. The highest BCUT2D eigenvalue weighted by atomic mass is 16.5. The van der Waals surface area contributed by atoms with Gasteiger partial charge in [-0.3, -0.25) is 4.79 Å². The van der Waals surface area contributed by atoms with E-state index >= 15 is 0 Å². The number of ether oxygens (including phenoxy) is 1. The predicted molar refractivity (Wildman–Crippen MR) is 83.0 cm³/mol. The van der Waals surface area contributed by atoms with Crippen LogP contribution in [-0.2, 0) is 4.79 Å². The first-order valence-electron chi connectivity index (χ1n) is 6.89. The van der Waals surface area contributed by atoms with Gasteiger partial charge in [0.05, 0.1) is 19.8 Å². The van der Waals surface area contributed by atoms with Gasteiger partial charge >= 0.3 is 0 Å². The molecule has 0 fully saturated rings. The summed E-state index contributed by atoms with van der Waals surface area (Å²) in [6.45, 7) is 2.15. The molecule has 2 N–H and O–H groups in total. The Bertz CT molecular complexity index is 561. The van der Waals surface area contributed by atoms with Crippen molar-refractivity contribution < 1.29 is 14.6 Å². The molecule has 118 valence electrons. The van der Waals surface area contributed by atoms with Crippen molar-refractivity contribution in [2.75, 3.05) is 27.3 Å². The highest BCUT2D eigenvalue weighted by molar-refractivity contribution is 5.97. The Balaban J connectivity index is 2.74. The minimum atomic E-state index is -0.449. The zero-order valence-electron chi connectivity index (χ0n) is 13.0. The quantitative estimate of drug-likeness (QED) is 0.584. The van der Waals surface area contributed by atoms with Crippen LogP contribution in [0.15, 0.2) is 36.0 Å². The van der Waals surface area contributed by atoms with Gasteiger partial charge in [0.15, 0.2) is 0 Å². The van der Waals surface area contributed by atoms with E-state index in [9.17, 15) is 4.79 Å². The van der Waals surface area contributed by atoms with Gasteiger partial charge in [0, 0.05) is 19.8 Å². The zero-order chi connectivity index (χ0) is 16.5. The average molecular weight is 303 g/mol. The number of likely N-dealkylation sites (N-methyl/N-ethyl adjacent to an activating group) is 1. The van der Waals surface area contributed by atoms with E-state index < -0.39 is 5.91 Å². The van der Waals surface area contributed by atoms with Crippen molar-refractivity contribution in [1.29, 1.82) is 5.26 Å². The molecule has 0 aliphatic rings. The monoisotopic (exact) mass is 303 g/mol. The Morgan fingerprint density at radius 2 is 2.14 bits per heavy atom. The first-order chi connectivity index (χ1) is 10.5. The summed E-state index contributed by atoms with van der Waals surface area (Å²) in [5.74, 6) is 0.293. The number of amides is 1. The number of aliphatic hydroxyl groups is 1. The van der Waals surface area contributed by atoms with E-state index in [4.69, 9.17) is 15.1 Å². The van der Waals surface area contributed by atoms with Crippen molar-refractivity contribution in [3.63, 3.8) is 0 Å². The molecule has 6 heteroatoms. The second kappa shape index (κ2) is 8.70. The van der Waals surface area contributed by atoms with Gasteiger partial charge < -0.3 is 20.1 Å². The lowest BCUT2D eigenvalue weighted by Gasteiger charge is -2.16. The number of nitriles is 1. The maximum atomic E-state index is 12.1. The fourth-order valence-corrected chi connectivity index (χ4v) is 1.83. The number of hydrogen-bond acceptors (Lipinski definition) is 5. The van der Waals surface area contributed by atoms with Crippen molar-refractivity contribution in [1.82, 2.24) is 10.2 Å². The van der Waals surface area contributed by atoms with E-state index in [1.54, 1.807) is 19.1 Å². The first kappa shape index (κ1) is 17.5. The number of hydrogen-bond donors (Lipinski definition) is 2. The van der Waals surface area contributed by atoms with Crippen LogP contribution in [0.1, 0.15) is 18.5 Å². The molecule has 1 atom stereocenters. The van der Waals surface area contributed by atoms with E-state index in [1.807, 2.05) is 37.3 Å². The third-order valence-corrected chi connectivity index (χ3v) is 3.13. The fourth-order valence-electron chi connectivity index (χ4n) is 1.83. The molecule has 1 amide bonds. The Kier molecular flexibility index (Phi) is 6.93. The predicted octanol–water partition coefficient (Wildman–Crippen LogP) is 1.20. The lowest BCUT2D eigenvalue weighted by Crippen LogP contribution is -2.29. The molecular weight excluding hydrogens is 282 g/mol. The van der Waals surface area contributed by atoms with Crippen LogP contribution >= 0.6 is 0 Å². The molecule has 1 unspecified atom stereocenters. The molecule has 22 heavy (non-hydrogen) atoms. The molecule has 6 nitrogen and oxygen atoms in total. The van der Waals surface area contributed by atoms with Crippen LogP contribution in [0.4, 0.5) is 0 Å². The number of nitrogens with one attached hydrogen (secondary N) is 1. The number of methoxy groups -OCH3 is 1. The van der Waals surface area contributed by atoms with Crippen LogP contribution in [0.3, 0.4) is 0 Å². The Morgan fingerprint density at radius 3 is 2.64 bits per heavy atom. The summed E-state index contributed by atoms with van der Waals surface area (Å²) >= 11 is 0. The third kappa shape index (κ3) is 5.11. The van der Waals surface area contributed by atoms with Gasteiger partial charge in [-0.15, -0.1) is 0 Å². The van der Waals surface area contributed by atoms with Crippen molar-refractivity contribution in [2.45, 2.75) is 13.0 Å². The molecule has 0 aliphatic carbocycles. The molecule has 0 saturated heterocycles. The van der Waals surface area contributed by atoms with E-state index in [0.29, 0.717) is 6.54 Å². The van der Waals surface area contributed by atoms with Crippen LogP contribution < -0.4 is 10.1 Å². The molecule has 0 spiro atoms. The minimum absolute atomic E-state index is 0.00342. The van der Waals surface area contributed by atoms with E-state index in [2.05, 4.69) is 5.32 Å². The van der Waals surface area contributed by atoms with Gasteiger partial charge in [-0.05, 0) is 24.6 Å². The first-order valence-corrected chi connectivity index (χ1v) is 6.89. The van der Waals surface area contributed by atoms with Gasteiger partial charge in [0.25, 0.3) is 5.91 Å². The van der Waals surface area contributed by atoms with Crippen LogP contribution in [0, 0.1) is 11.3 Å². The molecule has 0 heterocycles. The van der Waals surface area contributed by atoms with E-state index in [0.717, 1.165) is 11.3 Å². The topological polar surface area (TPSA) is 85.6 Å². The summed E-state index contributed by atoms with van der Waals surface area (Å²) in [7, 11) is 3.28. The second-order valence-corrected chi connectivity index (χ2v) is 4.83. The van der Waals surface area contributed by atoms with E-state index in [1.165, 1.54) is 6.20 Å². The van der Waals surface area contributed by atoms with Crippen molar-refractivity contribution in [2.24, 2.45) is 0 Å². The fraction of sp³-hybridized carbons (Fsp3) is 0.375. The molecular formula is C16H21N3O3. The molecule has 1 aromatic carbocycles. The Morgan fingerprint density at radius 1 is 1.50 bits per heavy atom. The van der Waals surface area contributed by atoms with Crippen LogP contribution in [-0.4, -0.2) is 43.2 Å². The van der Waals surface area contributed by atoms with Gasteiger partial charge in [-0.25, -0.2) is 0 Å². The minimum Gasteiger partial charge on any atom is -0.497 e. The van der Waals surface area contributed by atoms with Crippen molar-refractivity contribution in [3.05, 3.63) is 41.6 Å². The summed E-state index contributed by atoms with van der Waals surface area (Å²) in [6.07, 6.45) is 1.42. The van der Waals surface area contributed by atoms with Crippen LogP contribution in [0.2, 0.25) is 0 Å². The smallest absolute Gasteiger partial charge is 0.263 e. The summed E-state index contributed by atoms with van der Waals surface area (Å²) in [5.41, 5.74) is 0.909. The summed E-state index contributed by atoms with van der Waals surface area (Å²) < 4.78 is 5.09. The number of nitrogens with zero attached hydrogens (tertiary/aromatic N) is 2. The van der Waals surface area contributed by atoms with Crippen LogP contribution in [0.25, 0.3) is 0 Å². The average Bonchev–Trinajstić information content (AvgIpc) is 2.52. The van der Waals surface area contributed by atoms with Gasteiger partial charge in [0.1, 0.15) is 17.4 Å². The highest BCUT2D eigenvalue weighted by Crippen LogP contribution is 2.17. The largest absolute Gasteiger partial charge is 0.497 e. The van der Waals surface area contributed by atoms with Crippen LogP contribution in [0.5, 0.6) is 5.75 Å². The van der Waals surface area contributed by atoms with Gasteiger partial charge in [-0.2, -0.15) is 5.26 Å². The maximum absolute atomic E-state index is 12.1. The molecule has 0 aromatic heterocycles. The Hall–Kier alpha value is -2.52. The zero-order valence-corrected chi connectivity index (χ0v) is 13.0. The molecule has 1 aromatic rings. The lowest BCUT2D eigenvalue weighted by molar-refractivity contribution is -0.117. The second-order valence-electron chi connectivity index (χ2n) is 4.83. The van der Waals surface area contributed by atoms with Crippen molar-refractivity contribution >= 4 is 5.91 Å². The molecule has 1 rings (SSSR count). The standard InChI is InChI=1S/C16H21N3O3/c1-12(13-4-6-15(22-3)7-5-13)18-16(21)14(10-17)11-19(2)8-9-20/h4-7,11-12,20H,8-9H2,1-3H3,(H,18,21)/b14-11-. The molecule has 0 aliphatic heterocycles. The number of benzene rings is 1. The highest BCUT2D eigenvalue weighted by Gasteiger charge is 2.14. The molecule has 0 bridgehead atoms. The number of carbonyl (C=O) groups is 1. The van der Waals surface area contributed by atoms with Gasteiger partial charge in [-0.1, -0.05) is 12.1 Å². The summed E-state index contributed by atoms with van der Waals surface area (Å²) in [5, 5.41) is 20.7. The van der Waals surface area contributed by atoms with Crippen molar-refractivity contribution in [3.8, 4) is 11.8 Å². The van der Waals surface area contributed by atoms with Gasteiger partial charge in [0.2, 0.25) is 0 Å². The number of aliphatic hydroxyl groups excluding tert-OH is 1. The summed E-state index contributed by atoms with van der Waals surface area (Å²) in [6, 6.07) is 8.98. The lowest BCUT2D eigenvalue weighted by atomic mass is 10.1. The third-order valence-electron chi connectivity index (χ3n) is 3.13. The summed E-state index contributed by atoms with van der Waals surface area (Å²) in [4.78, 5) is 13.7. The SMILES string of the molecule is COc1ccc(C(C)NC(=O)/C(C#N)=C\N(C)CCO)cc1. The molecule has 0 saturated carbocycles. The van der Waals surface area contributed by atoms with E-state index in [-0.39, 0.29) is 18.2 Å². The maximum Gasteiger partial charge on any atom is 0.263 e. The Labute approximate surface area is 130 Å². The number of rotatable bonds is 7.